The molecule has 0 saturated carbocycles. The van der Waals surface area contributed by atoms with Gasteiger partial charge in [0.05, 0.1) is 12.8 Å². The van der Waals surface area contributed by atoms with E-state index in [0.717, 1.165) is 10.0 Å². The Labute approximate surface area is 174 Å². The Bertz CT molecular complexity index is 1010. The van der Waals surface area contributed by atoms with E-state index in [2.05, 4.69) is 31.4 Å². The lowest BCUT2D eigenvalue weighted by Gasteiger charge is -2.09. The van der Waals surface area contributed by atoms with Gasteiger partial charge in [0, 0.05) is 10.0 Å². The van der Waals surface area contributed by atoms with Crippen LogP contribution in [-0.2, 0) is 6.61 Å². The van der Waals surface area contributed by atoms with Crippen LogP contribution in [-0.4, -0.2) is 23.7 Å². The molecule has 0 aliphatic rings. The fraction of sp³-hybridized carbons (Fsp3) is 0.150. The Balaban J connectivity index is 1.65. The number of amides is 1. The third-order valence-electron chi connectivity index (χ3n) is 3.61. The summed E-state index contributed by atoms with van der Waals surface area (Å²) in [6.07, 6.45) is 2.76. The smallest absolute Gasteiger partial charge is 0.327 e. The van der Waals surface area contributed by atoms with Crippen molar-refractivity contribution >= 4 is 28.1 Å². The standard InChI is InChI=1S/C20H17BrFN3O4/c1-2-27-18-11-23-20(29-18)19(26)25-24-10-14-9-15(21)5-8-17(14)28-12-13-3-6-16(22)7-4-13/h3-11H,2,12H2,1H3,(H,25,26). The summed E-state index contributed by atoms with van der Waals surface area (Å²) in [5, 5.41) is 3.93. The fourth-order valence-electron chi connectivity index (χ4n) is 2.27. The van der Waals surface area contributed by atoms with E-state index in [1.54, 1.807) is 31.2 Å². The van der Waals surface area contributed by atoms with E-state index in [9.17, 15) is 9.18 Å². The lowest BCUT2D eigenvalue weighted by Crippen LogP contribution is -2.17. The van der Waals surface area contributed by atoms with Crippen molar-refractivity contribution in [3.63, 3.8) is 0 Å². The molecule has 0 radical (unpaired) electrons. The molecule has 9 heteroatoms. The summed E-state index contributed by atoms with van der Waals surface area (Å²) in [7, 11) is 0. The number of hydrogen-bond acceptors (Lipinski definition) is 6. The van der Waals surface area contributed by atoms with Gasteiger partial charge in [-0.15, -0.1) is 0 Å². The first-order valence-corrected chi connectivity index (χ1v) is 9.43. The largest absolute Gasteiger partial charge is 0.488 e. The molecule has 3 rings (SSSR count). The highest BCUT2D eigenvalue weighted by Gasteiger charge is 2.13. The molecule has 29 heavy (non-hydrogen) atoms. The number of hydrazone groups is 1. The maximum absolute atomic E-state index is 13.0. The number of ether oxygens (including phenoxy) is 2. The van der Waals surface area contributed by atoms with Gasteiger partial charge in [0.1, 0.15) is 24.4 Å². The molecule has 2 aromatic carbocycles. The van der Waals surface area contributed by atoms with Gasteiger partial charge in [-0.25, -0.2) is 14.8 Å². The Hall–Kier alpha value is -3.20. The summed E-state index contributed by atoms with van der Waals surface area (Å²) in [6.45, 7) is 2.45. The summed E-state index contributed by atoms with van der Waals surface area (Å²) in [5.74, 6) is -0.376. The van der Waals surface area contributed by atoms with Gasteiger partial charge in [0.25, 0.3) is 5.89 Å². The third kappa shape index (κ3) is 5.89. The van der Waals surface area contributed by atoms with Crippen LogP contribution in [0.15, 0.2) is 62.7 Å². The van der Waals surface area contributed by atoms with E-state index in [-0.39, 0.29) is 24.3 Å². The normalized spacial score (nSPS) is 10.9. The Kier molecular flexibility index (Phi) is 6.96. The molecule has 0 bridgehead atoms. The quantitative estimate of drug-likeness (QED) is 0.398. The summed E-state index contributed by atoms with van der Waals surface area (Å²) in [5.41, 5.74) is 3.78. The molecule has 1 amide bonds. The van der Waals surface area contributed by atoms with E-state index >= 15 is 0 Å². The summed E-state index contributed by atoms with van der Waals surface area (Å²) < 4.78 is 29.9. The lowest BCUT2D eigenvalue weighted by molar-refractivity contribution is 0.0912. The molecule has 150 valence electrons. The number of rotatable bonds is 8. The van der Waals surface area contributed by atoms with Crippen molar-refractivity contribution in [3.8, 4) is 11.7 Å². The predicted molar refractivity (Wildman–Crippen MR) is 108 cm³/mol. The van der Waals surface area contributed by atoms with Crippen molar-refractivity contribution in [3.05, 3.63) is 76.0 Å². The average Bonchev–Trinajstić information content (AvgIpc) is 3.18. The number of hydrogen-bond donors (Lipinski definition) is 1. The van der Waals surface area contributed by atoms with Crippen LogP contribution in [0.4, 0.5) is 4.39 Å². The molecule has 0 aliphatic carbocycles. The summed E-state index contributed by atoms with van der Waals surface area (Å²) >= 11 is 3.39. The van der Waals surface area contributed by atoms with Crippen LogP contribution in [0.25, 0.3) is 0 Å². The molecular formula is C20H17BrFN3O4. The Morgan fingerprint density at radius 2 is 2.07 bits per heavy atom. The van der Waals surface area contributed by atoms with Gasteiger partial charge in [-0.2, -0.15) is 5.10 Å². The molecule has 1 aromatic heterocycles. The highest BCUT2D eigenvalue weighted by Crippen LogP contribution is 2.23. The van der Waals surface area contributed by atoms with Crippen molar-refractivity contribution in [2.24, 2.45) is 5.10 Å². The second-order valence-corrected chi connectivity index (χ2v) is 6.63. The zero-order valence-corrected chi connectivity index (χ0v) is 17.0. The zero-order valence-electron chi connectivity index (χ0n) is 15.4. The second kappa shape index (κ2) is 9.83. The van der Waals surface area contributed by atoms with Gasteiger partial charge in [-0.1, -0.05) is 28.1 Å². The van der Waals surface area contributed by atoms with E-state index in [4.69, 9.17) is 13.9 Å². The number of carbonyl (C=O) groups excluding carboxylic acids is 1. The zero-order chi connectivity index (χ0) is 20.6. The van der Waals surface area contributed by atoms with Gasteiger partial charge in [0.15, 0.2) is 0 Å². The maximum Gasteiger partial charge on any atom is 0.327 e. The van der Waals surface area contributed by atoms with Crippen molar-refractivity contribution < 1.29 is 23.1 Å². The second-order valence-electron chi connectivity index (χ2n) is 5.71. The van der Waals surface area contributed by atoms with Gasteiger partial charge < -0.3 is 13.9 Å². The SMILES string of the molecule is CCOc1cnc(C(=O)NN=Cc2cc(Br)ccc2OCc2ccc(F)cc2)o1. The minimum absolute atomic E-state index is 0.157. The molecule has 0 atom stereocenters. The Morgan fingerprint density at radius 1 is 1.28 bits per heavy atom. The number of halogens is 2. The first kappa shape index (κ1) is 20.5. The monoisotopic (exact) mass is 461 g/mol. The van der Waals surface area contributed by atoms with Gasteiger partial charge in [-0.3, -0.25) is 4.79 Å². The van der Waals surface area contributed by atoms with E-state index in [0.29, 0.717) is 17.9 Å². The molecular weight excluding hydrogens is 445 g/mol. The number of nitrogens with one attached hydrogen (secondary N) is 1. The van der Waals surface area contributed by atoms with Crippen LogP contribution in [0, 0.1) is 5.82 Å². The van der Waals surface area contributed by atoms with Crippen molar-refractivity contribution in [2.75, 3.05) is 6.61 Å². The number of nitrogens with zero attached hydrogens (tertiary/aromatic N) is 2. The van der Waals surface area contributed by atoms with E-state index in [1.165, 1.54) is 24.5 Å². The summed E-state index contributed by atoms with van der Waals surface area (Å²) in [4.78, 5) is 15.9. The molecule has 1 heterocycles. The van der Waals surface area contributed by atoms with Crippen LogP contribution in [0.5, 0.6) is 11.7 Å². The number of carbonyl (C=O) groups is 1. The van der Waals surface area contributed by atoms with Crippen LogP contribution in [0.2, 0.25) is 0 Å². The molecule has 0 aliphatic heterocycles. The predicted octanol–water partition coefficient (Wildman–Crippen LogP) is 4.32. The minimum atomic E-state index is -0.615. The topological polar surface area (TPSA) is 86.0 Å². The molecule has 0 unspecified atom stereocenters. The van der Waals surface area contributed by atoms with Crippen molar-refractivity contribution in [1.29, 1.82) is 0 Å². The van der Waals surface area contributed by atoms with Gasteiger partial charge in [-0.05, 0) is 42.8 Å². The summed E-state index contributed by atoms with van der Waals surface area (Å²) in [6, 6.07) is 11.4. The van der Waals surface area contributed by atoms with Gasteiger partial charge in [0.2, 0.25) is 0 Å². The van der Waals surface area contributed by atoms with Crippen LogP contribution in [0.1, 0.15) is 28.7 Å². The van der Waals surface area contributed by atoms with Crippen molar-refractivity contribution in [1.82, 2.24) is 10.4 Å². The fourth-order valence-corrected chi connectivity index (χ4v) is 2.65. The first-order valence-electron chi connectivity index (χ1n) is 8.64. The molecule has 0 fully saturated rings. The lowest BCUT2D eigenvalue weighted by atomic mass is 10.2. The molecule has 0 spiro atoms. The highest BCUT2D eigenvalue weighted by molar-refractivity contribution is 9.10. The molecule has 7 nitrogen and oxygen atoms in total. The van der Waals surface area contributed by atoms with Crippen LogP contribution in [0.3, 0.4) is 0 Å². The first-order chi connectivity index (χ1) is 14.0. The van der Waals surface area contributed by atoms with Crippen molar-refractivity contribution in [2.45, 2.75) is 13.5 Å². The minimum Gasteiger partial charge on any atom is -0.488 e. The molecule has 1 N–H and O–H groups in total. The maximum atomic E-state index is 13.0. The van der Waals surface area contributed by atoms with Crippen LogP contribution >= 0.6 is 15.9 Å². The number of benzene rings is 2. The third-order valence-corrected chi connectivity index (χ3v) is 4.11. The van der Waals surface area contributed by atoms with E-state index in [1.807, 2.05) is 6.07 Å². The van der Waals surface area contributed by atoms with E-state index < -0.39 is 5.91 Å². The number of aromatic nitrogens is 1. The highest BCUT2D eigenvalue weighted by atomic mass is 79.9. The molecule has 0 saturated heterocycles. The number of oxazole rings is 1. The average molecular weight is 462 g/mol. The Morgan fingerprint density at radius 3 is 2.83 bits per heavy atom. The van der Waals surface area contributed by atoms with Crippen LogP contribution < -0.4 is 14.9 Å². The van der Waals surface area contributed by atoms with Gasteiger partial charge >= 0.3 is 11.9 Å². The molecule has 3 aromatic rings.